The average molecular weight is 1170 g/mol. The normalized spacial score (nSPS) is 15.2. The highest BCUT2D eigenvalue weighted by molar-refractivity contribution is 5.85. The maximum absolute atomic E-state index is 13.5. The van der Waals surface area contributed by atoms with Gasteiger partial charge < -0.3 is 53.2 Å². The van der Waals surface area contributed by atoms with E-state index >= 15 is 0 Å². The fourth-order valence-corrected chi connectivity index (χ4v) is 8.54. The van der Waals surface area contributed by atoms with E-state index in [0.29, 0.717) is 26.1 Å². The van der Waals surface area contributed by atoms with E-state index in [-0.39, 0.29) is 39.3 Å². The molecule has 4 aromatic carbocycles. The quantitative estimate of drug-likeness (QED) is 0.0585. The number of hydrogen-bond acceptors (Lipinski definition) is 16. The average Bonchev–Trinajstić information content (AvgIpc) is 2.07. The Kier molecular flexibility index (Phi) is 25.8. The number of aliphatic hydroxyl groups is 1. The summed E-state index contributed by atoms with van der Waals surface area (Å²) in [6.07, 6.45) is -2.46. The van der Waals surface area contributed by atoms with Crippen LogP contribution >= 0.6 is 0 Å². The first kappa shape index (κ1) is 63.4. The van der Waals surface area contributed by atoms with Gasteiger partial charge in [-0.15, -0.1) is 0 Å². The summed E-state index contributed by atoms with van der Waals surface area (Å²) >= 11 is 0. The number of esters is 3. The molecule has 0 spiro atoms. The largest absolute Gasteiger partial charge is 0.480 e. The van der Waals surface area contributed by atoms with Gasteiger partial charge in [0, 0.05) is 74.8 Å². The van der Waals surface area contributed by atoms with E-state index in [1.807, 2.05) is 137 Å². The highest BCUT2D eigenvalue weighted by Crippen LogP contribution is 2.23. The monoisotopic (exact) mass is 1170 g/mol. The molecular weight excluding hydrogens is 1060 g/mol. The number of carbonyl (C=O) groups is 6. The molecule has 2 heterocycles. The van der Waals surface area contributed by atoms with Gasteiger partial charge in [-0.3, -0.25) is 9.80 Å². The van der Waals surface area contributed by atoms with Crippen molar-refractivity contribution in [3.05, 3.63) is 131 Å². The molecule has 2 aliphatic heterocycles. The van der Waals surface area contributed by atoms with Gasteiger partial charge in [-0.2, -0.15) is 0 Å². The Bertz CT molecular complexity index is 2630. The van der Waals surface area contributed by atoms with E-state index in [0.717, 1.165) is 77.9 Å². The van der Waals surface area contributed by atoms with Gasteiger partial charge in [-0.1, -0.05) is 113 Å². The Morgan fingerprint density at radius 1 is 0.542 bits per heavy atom. The molecule has 0 bridgehead atoms. The van der Waals surface area contributed by atoms with Crippen LogP contribution in [0.5, 0.6) is 0 Å². The second-order valence-electron chi connectivity index (χ2n) is 23.4. The summed E-state index contributed by atoms with van der Waals surface area (Å²) in [4.78, 5) is 81.3. The zero-order valence-corrected chi connectivity index (χ0v) is 50.7. The van der Waals surface area contributed by atoms with Crippen LogP contribution in [-0.2, 0) is 78.4 Å². The van der Waals surface area contributed by atoms with Crippen molar-refractivity contribution in [3.63, 3.8) is 0 Å². The lowest BCUT2D eigenvalue weighted by atomic mass is 10.0. The van der Waals surface area contributed by atoms with E-state index in [1.165, 1.54) is 19.0 Å². The summed E-state index contributed by atoms with van der Waals surface area (Å²) in [6.45, 7) is 24.7. The number of ether oxygens (including phenoxy) is 7. The lowest BCUT2D eigenvalue weighted by Gasteiger charge is -2.31. The number of hydrogen-bond donors (Lipinski definition) is 2. The molecule has 0 aromatic heterocycles. The van der Waals surface area contributed by atoms with Gasteiger partial charge >= 0.3 is 36.1 Å². The highest BCUT2D eigenvalue weighted by Gasteiger charge is 2.36. The second kappa shape index (κ2) is 33.8. The van der Waals surface area contributed by atoms with Gasteiger partial charge in [0.2, 0.25) is 6.10 Å². The Balaban J connectivity index is 0.00000138. The third-order valence-electron chi connectivity index (χ3n) is 13.0. The maximum atomic E-state index is 13.5. The maximum Gasteiger partial charge on any atom is 0.410 e. The molecule has 19 heteroatoms. The lowest BCUT2D eigenvalue weighted by Crippen LogP contribution is -2.47. The molecule has 83 heavy (non-hydrogen) atoms. The summed E-state index contributed by atoms with van der Waals surface area (Å²) in [5, 5.41) is 19.2. The van der Waals surface area contributed by atoms with Crippen LogP contribution in [0.4, 0.5) is 21.0 Å². The van der Waals surface area contributed by atoms with Crippen molar-refractivity contribution in [3.8, 4) is 0 Å². The summed E-state index contributed by atoms with van der Waals surface area (Å²) in [7, 11) is 2.96. The first-order valence-electron chi connectivity index (χ1n) is 31.5. The van der Waals surface area contributed by atoms with E-state index in [9.17, 15) is 33.9 Å². The van der Waals surface area contributed by atoms with Gasteiger partial charge in [0.25, 0.3) is 0 Å². The van der Waals surface area contributed by atoms with Crippen LogP contribution in [0.2, 0.25) is 0 Å². The third kappa shape index (κ3) is 25.4. The molecule has 6 rings (SSSR count). The lowest BCUT2D eigenvalue weighted by molar-refractivity contribution is -0.171. The van der Waals surface area contributed by atoms with Crippen molar-refractivity contribution in [2.75, 3.05) is 76.5 Å². The smallest absolute Gasteiger partial charge is 0.410 e. The highest BCUT2D eigenvalue weighted by atomic mass is 16.6. The van der Waals surface area contributed by atoms with Gasteiger partial charge in [0.05, 0.1) is 26.4 Å². The summed E-state index contributed by atoms with van der Waals surface area (Å²) in [5.74, 6) is -2.66. The molecule has 464 valence electrons. The fourth-order valence-electron chi connectivity index (χ4n) is 8.54. The summed E-state index contributed by atoms with van der Waals surface area (Å²) in [6, 6.07) is 32.7. The van der Waals surface area contributed by atoms with Crippen LogP contribution in [0.3, 0.4) is 0 Å². The number of aliphatic hydroxyl groups excluding tert-OH is 1. The van der Waals surface area contributed by atoms with Crippen LogP contribution < -0.4 is 9.80 Å². The molecule has 2 N–H and O–H groups in total. The molecule has 2 amide bonds. The molecule has 0 saturated carbocycles. The first-order valence-corrected chi connectivity index (χ1v) is 28.5. The molecule has 0 radical (unpaired) electrons. The number of carbonyl (C=O) groups excluding carboxylic acids is 5. The molecule has 0 unspecified atom stereocenters. The number of carboxylic acid groups (broad SMARTS) is 1. The van der Waals surface area contributed by atoms with E-state index in [4.69, 9.17) is 47.2 Å². The zero-order chi connectivity index (χ0) is 67.3. The van der Waals surface area contributed by atoms with E-state index in [2.05, 4.69) is 9.80 Å². The predicted molar refractivity (Wildman–Crippen MR) is 325 cm³/mol. The Morgan fingerprint density at radius 2 is 0.916 bits per heavy atom. The van der Waals surface area contributed by atoms with Crippen LogP contribution in [0.25, 0.3) is 0 Å². The number of benzene rings is 4. The number of anilines is 2. The molecular formula is C64H98N4O15. The van der Waals surface area contributed by atoms with Crippen LogP contribution in [0, 0.1) is 11.8 Å². The van der Waals surface area contributed by atoms with Gasteiger partial charge in [-0.25, -0.2) is 28.8 Å². The van der Waals surface area contributed by atoms with Crippen LogP contribution in [0.1, 0.15) is 115 Å². The van der Waals surface area contributed by atoms with Crippen LogP contribution in [0.15, 0.2) is 109 Å². The van der Waals surface area contributed by atoms with Crippen molar-refractivity contribution >= 4 is 47.4 Å². The minimum absolute atomic E-state index is 0. The first-order chi connectivity index (χ1) is 42.2. The standard InChI is InChI=1S/C32H44N2O7.C20H23NO4.C12H23NO4.4H2/c1-23(2)20-27(33(6)31(37)41-32(3,4)5)29(35)40-28(30(36)39-22-25-10-8-7-9-11-25)21-24-12-14-26(15-13-24)34-16-18-38-19-17-34;22-19(20(23)25-15-17-4-2-1-3-5-17)14-16-6-8-18(9-7-16)21-10-12-24-13-11-21;1-8(2)7-9(10(14)15)13(6)11(16)17-12(3,4)5;;;;/h7-15,23,27-28H,16-22H2,1-6H3;1-9,19,22H,10-15H2;8-9H,7H2,1-6H3,(H,14,15);4*1H/t27-,28+;19-;9-;;;;/m010..../s1/i;;;3*1+1D;1+1. The number of likely N-dealkylation sites (N-methyl/N-ethyl adjacent to an activating group) is 2. The summed E-state index contributed by atoms with van der Waals surface area (Å²) < 4.78 is 68.0. The van der Waals surface area contributed by atoms with Crippen LogP contribution in [-0.4, -0.2) is 158 Å². The van der Waals surface area contributed by atoms with Crippen molar-refractivity contribution < 1.29 is 82.5 Å². The predicted octanol–water partition coefficient (Wildman–Crippen LogP) is 10.5. The molecule has 0 aliphatic carbocycles. The molecule has 2 fully saturated rings. The second-order valence-corrected chi connectivity index (χ2v) is 23.4. The van der Waals surface area contributed by atoms with Crippen molar-refractivity contribution in [2.24, 2.45) is 11.8 Å². The number of amides is 2. The van der Waals surface area contributed by atoms with Crippen molar-refractivity contribution in [1.82, 2.24) is 9.80 Å². The topological polar surface area (TPSA) is 220 Å². The number of morpholine rings is 2. The number of aliphatic carboxylic acids is 1. The zero-order valence-electron chi connectivity index (χ0n) is 56.7. The van der Waals surface area contributed by atoms with E-state index < -0.39 is 71.6 Å². The molecule has 19 nitrogen and oxygen atoms in total. The Morgan fingerprint density at radius 3 is 1.30 bits per heavy atom. The minimum atomic E-state index is -1.19. The molecule has 4 atom stereocenters. The van der Waals surface area contributed by atoms with Crippen molar-refractivity contribution in [1.29, 1.82) is 0 Å². The number of carboxylic acids is 1. The van der Waals surface area contributed by atoms with Gasteiger partial charge in [-0.05, 0) is 113 Å². The third-order valence-corrected chi connectivity index (χ3v) is 13.0. The molecule has 2 aliphatic rings. The number of rotatable bonds is 21. The molecule has 4 aromatic rings. The fraction of sp³-hybridized carbons (Fsp3) is 0.531. The Hall–Kier alpha value is -7.22. The molecule has 2 saturated heterocycles. The van der Waals surface area contributed by atoms with Gasteiger partial charge in [0.1, 0.15) is 36.5 Å². The van der Waals surface area contributed by atoms with E-state index in [1.54, 1.807) is 41.5 Å². The number of nitrogens with zero attached hydrogens (tertiary/aromatic N) is 4. The van der Waals surface area contributed by atoms with Gasteiger partial charge in [0.15, 0.2) is 6.10 Å². The minimum Gasteiger partial charge on any atom is -0.480 e. The Labute approximate surface area is 501 Å². The van der Waals surface area contributed by atoms with Crippen molar-refractivity contribution in [2.45, 2.75) is 144 Å². The summed E-state index contributed by atoms with van der Waals surface area (Å²) in [5.41, 5.74) is 4.29. The SMILES string of the molecule is CC(C)C[C@@H](C(=O)O)N(C)C(=O)OC(C)(C)C.CC(C)C[C@@H](C(=O)O[C@H](Cc1ccc(N2CCOCC2)cc1)C(=O)OCc1ccccc1)N(C)C(=O)OC(C)(C)C.O=C(OCc1ccccc1)[C@H](O)Cc1ccc(N2CCOCC2)cc1.[2HH].[2H][2H].[2H][2H].[2H][2H].